The molecule has 1 amide bonds. The fourth-order valence-corrected chi connectivity index (χ4v) is 5.40. The fourth-order valence-electron chi connectivity index (χ4n) is 3.42. The Morgan fingerprint density at radius 3 is 2.66 bits per heavy atom. The van der Waals surface area contributed by atoms with Gasteiger partial charge in [0.15, 0.2) is 5.16 Å². The molecule has 0 unspecified atom stereocenters. The lowest BCUT2D eigenvalue weighted by Gasteiger charge is -2.10. The highest BCUT2D eigenvalue weighted by Crippen LogP contribution is 2.34. The molecule has 1 aromatic carbocycles. The van der Waals surface area contributed by atoms with Gasteiger partial charge >= 0.3 is 0 Å². The highest BCUT2D eigenvalue weighted by molar-refractivity contribution is 7.99. The van der Waals surface area contributed by atoms with E-state index in [0.29, 0.717) is 22.3 Å². The number of rotatable bonds is 6. The van der Waals surface area contributed by atoms with Gasteiger partial charge in [0.05, 0.1) is 25.4 Å². The van der Waals surface area contributed by atoms with Gasteiger partial charge in [-0.3, -0.25) is 9.59 Å². The second-order valence-electron chi connectivity index (χ2n) is 6.70. The molecule has 0 bridgehead atoms. The number of nitrogens with zero attached hydrogens (tertiary/aromatic N) is 1. The molecule has 0 aliphatic heterocycles. The molecule has 0 spiro atoms. The van der Waals surface area contributed by atoms with Crippen LogP contribution in [0.1, 0.15) is 23.3 Å². The predicted octanol–water partition coefficient (Wildman–Crippen LogP) is 3.61. The van der Waals surface area contributed by atoms with Gasteiger partial charge in [-0.2, -0.15) is 0 Å². The van der Waals surface area contributed by atoms with Crippen LogP contribution in [-0.2, 0) is 17.6 Å². The molecule has 7 nitrogen and oxygen atoms in total. The van der Waals surface area contributed by atoms with Crippen LogP contribution in [0.15, 0.2) is 28.2 Å². The molecule has 1 aliphatic carbocycles. The van der Waals surface area contributed by atoms with Crippen molar-refractivity contribution in [1.29, 1.82) is 0 Å². The molecule has 4 rings (SSSR count). The van der Waals surface area contributed by atoms with E-state index in [-0.39, 0.29) is 17.2 Å². The van der Waals surface area contributed by atoms with Gasteiger partial charge < -0.3 is 19.8 Å². The summed E-state index contributed by atoms with van der Waals surface area (Å²) in [7, 11) is 3.10. The molecule has 152 valence electrons. The maximum Gasteiger partial charge on any atom is 0.260 e. The third kappa shape index (κ3) is 4.25. The first-order chi connectivity index (χ1) is 14.1. The number of nitrogens with one attached hydrogen (secondary N) is 2. The summed E-state index contributed by atoms with van der Waals surface area (Å²) in [6.07, 6.45) is 4.24. The summed E-state index contributed by atoms with van der Waals surface area (Å²) in [6, 6.07) is 5.16. The van der Waals surface area contributed by atoms with Gasteiger partial charge in [0.1, 0.15) is 16.3 Å². The molecular formula is C20H21N3O4S2. The van der Waals surface area contributed by atoms with Gasteiger partial charge in [-0.25, -0.2) is 4.98 Å². The molecule has 9 heteroatoms. The van der Waals surface area contributed by atoms with E-state index in [1.54, 1.807) is 43.8 Å². The Morgan fingerprint density at radius 2 is 1.93 bits per heavy atom. The van der Waals surface area contributed by atoms with Crippen molar-refractivity contribution < 1.29 is 14.3 Å². The average Bonchev–Trinajstić information content (AvgIpc) is 3.10. The van der Waals surface area contributed by atoms with Crippen molar-refractivity contribution in [3.05, 3.63) is 39.0 Å². The summed E-state index contributed by atoms with van der Waals surface area (Å²) < 4.78 is 10.4. The minimum Gasteiger partial charge on any atom is -0.497 e. The first-order valence-corrected chi connectivity index (χ1v) is 11.1. The number of aromatic amines is 1. The maximum absolute atomic E-state index is 12.6. The second-order valence-corrected chi connectivity index (χ2v) is 8.75. The van der Waals surface area contributed by atoms with Crippen LogP contribution in [0.25, 0.3) is 10.2 Å². The molecule has 3 aromatic rings. The van der Waals surface area contributed by atoms with Gasteiger partial charge in [0.2, 0.25) is 5.91 Å². The van der Waals surface area contributed by atoms with E-state index in [2.05, 4.69) is 15.3 Å². The summed E-state index contributed by atoms with van der Waals surface area (Å²) in [5.74, 6) is 1.09. The third-order valence-corrected chi connectivity index (χ3v) is 6.84. The number of fused-ring (bicyclic) bond motifs is 3. The second kappa shape index (κ2) is 8.46. The number of H-pyrrole nitrogens is 1. The number of thioether (sulfide) groups is 1. The van der Waals surface area contributed by atoms with Crippen molar-refractivity contribution in [2.24, 2.45) is 0 Å². The first kappa shape index (κ1) is 19.8. The zero-order valence-corrected chi connectivity index (χ0v) is 17.8. The summed E-state index contributed by atoms with van der Waals surface area (Å²) in [5.41, 5.74) is 1.62. The van der Waals surface area contributed by atoms with Crippen LogP contribution in [0.3, 0.4) is 0 Å². The van der Waals surface area contributed by atoms with E-state index in [1.165, 1.54) is 16.6 Å². The minimum atomic E-state index is -0.210. The maximum atomic E-state index is 12.6. The molecule has 0 fully saturated rings. The van der Waals surface area contributed by atoms with Crippen LogP contribution in [-0.4, -0.2) is 35.8 Å². The van der Waals surface area contributed by atoms with Crippen molar-refractivity contribution in [3.63, 3.8) is 0 Å². The summed E-state index contributed by atoms with van der Waals surface area (Å²) >= 11 is 2.81. The zero-order valence-electron chi connectivity index (χ0n) is 16.2. The van der Waals surface area contributed by atoms with Crippen molar-refractivity contribution in [3.8, 4) is 11.5 Å². The number of carbonyl (C=O) groups is 1. The predicted molar refractivity (Wildman–Crippen MR) is 116 cm³/mol. The molecular weight excluding hydrogens is 410 g/mol. The van der Waals surface area contributed by atoms with Crippen molar-refractivity contribution in [2.45, 2.75) is 30.8 Å². The van der Waals surface area contributed by atoms with Crippen LogP contribution in [0.5, 0.6) is 11.5 Å². The van der Waals surface area contributed by atoms with E-state index in [9.17, 15) is 9.59 Å². The number of aromatic nitrogens is 2. The van der Waals surface area contributed by atoms with Crippen LogP contribution >= 0.6 is 23.1 Å². The summed E-state index contributed by atoms with van der Waals surface area (Å²) in [4.78, 5) is 34.4. The Balaban J connectivity index is 1.47. The molecule has 2 heterocycles. The van der Waals surface area contributed by atoms with E-state index >= 15 is 0 Å². The fraction of sp³-hybridized carbons (Fsp3) is 0.350. The molecule has 29 heavy (non-hydrogen) atoms. The number of carbonyl (C=O) groups excluding carboxylic acids is 1. The molecule has 2 N–H and O–H groups in total. The van der Waals surface area contributed by atoms with Gasteiger partial charge in [0, 0.05) is 28.8 Å². The smallest absolute Gasteiger partial charge is 0.260 e. The van der Waals surface area contributed by atoms with E-state index in [4.69, 9.17) is 9.47 Å². The minimum absolute atomic E-state index is 0.116. The number of hydrogen-bond acceptors (Lipinski definition) is 7. The molecule has 0 atom stereocenters. The molecule has 1 aliphatic rings. The Morgan fingerprint density at radius 1 is 1.21 bits per heavy atom. The monoisotopic (exact) mass is 431 g/mol. The van der Waals surface area contributed by atoms with Crippen LogP contribution in [0, 0.1) is 0 Å². The third-order valence-electron chi connectivity index (χ3n) is 4.78. The lowest BCUT2D eigenvalue weighted by Crippen LogP contribution is -2.16. The van der Waals surface area contributed by atoms with Gasteiger partial charge in [0.25, 0.3) is 5.56 Å². The lowest BCUT2D eigenvalue weighted by molar-refractivity contribution is -0.113. The number of methoxy groups -OCH3 is 2. The number of ether oxygens (including phenoxy) is 2. The highest BCUT2D eigenvalue weighted by atomic mass is 32.2. The standard InChI is InChI=1S/C20H21N3O4S2/c1-26-12-7-11(8-13(9-12)27-2)21-16(24)10-28-20-22-18(25)17-14-5-3-4-6-15(14)29-19(17)23-20/h7-9H,3-6,10H2,1-2H3,(H,21,24)(H,22,23,25). The Hall–Kier alpha value is -2.52. The number of amides is 1. The normalized spacial score (nSPS) is 13.2. The Labute approximate surface area is 175 Å². The van der Waals surface area contributed by atoms with Gasteiger partial charge in [-0.05, 0) is 31.2 Å². The van der Waals surface area contributed by atoms with Crippen LogP contribution in [0.4, 0.5) is 5.69 Å². The lowest BCUT2D eigenvalue weighted by atomic mass is 9.97. The molecule has 2 aromatic heterocycles. The topological polar surface area (TPSA) is 93.3 Å². The van der Waals surface area contributed by atoms with Crippen LogP contribution in [0.2, 0.25) is 0 Å². The number of thiophene rings is 1. The summed E-state index contributed by atoms with van der Waals surface area (Å²) in [6.45, 7) is 0. The summed E-state index contributed by atoms with van der Waals surface area (Å²) in [5, 5.41) is 4.00. The quantitative estimate of drug-likeness (QED) is 0.457. The van der Waals surface area contributed by atoms with Crippen molar-refractivity contribution >= 4 is 44.9 Å². The van der Waals surface area contributed by atoms with E-state index in [1.807, 2.05) is 0 Å². The van der Waals surface area contributed by atoms with Crippen molar-refractivity contribution in [2.75, 3.05) is 25.3 Å². The number of hydrogen-bond donors (Lipinski definition) is 2. The molecule has 0 saturated carbocycles. The highest BCUT2D eigenvalue weighted by Gasteiger charge is 2.20. The van der Waals surface area contributed by atoms with Gasteiger partial charge in [-0.15, -0.1) is 11.3 Å². The van der Waals surface area contributed by atoms with Gasteiger partial charge in [-0.1, -0.05) is 11.8 Å². The largest absolute Gasteiger partial charge is 0.497 e. The van der Waals surface area contributed by atoms with E-state index in [0.717, 1.165) is 41.5 Å². The van der Waals surface area contributed by atoms with E-state index < -0.39 is 0 Å². The molecule has 0 radical (unpaired) electrons. The Bertz CT molecular complexity index is 1100. The molecule has 0 saturated heterocycles. The average molecular weight is 432 g/mol. The number of aryl methyl sites for hydroxylation is 2. The van der Waals surface area contributed by atoms with Crippen LogP contribution < -0.4 is 20.3 Å². The SMILES string of the molecule is COc1cc(NC(=O)CSc2nc3sc4c(c3c(=O)[nH]2)CCCC4)cc(OC)c1. The zero-order chi connectivity index (χ0) is 20.4. The van der Waals surface area contributed by atoms with Crippen molar-refractivity contribution in [1.82, 2.24) is 9.97 Å². The first-order valence-electron chi connectivity index (χ1n) is 9.27. The Kier molecular flexibility index (Phi) is 5.77. The number of anilines is 1. The number of benzene rings is 1.